The van der Waals surface area contributed by atoms with Crippen LogP contribution in [-0.2, 0) is 20.7 Å². The number of aliphatic carboxylic acids is 1. The fourth-order valence-electron chi connectivity index (χ4n) is 2.96. The molecule has 1 aromatic heterocycles. The summed E-state index contributed by atoms with van der Waals surface area (Å²) in [4.78, 5) is 39.7. The fourth-order valence-corrected chi connectivity index (χ4v) is 2.96. The Hall–Kier alpha value is -3.03. The van der Waals surface area contributed by atoms with E-state index in [0.29, 0.717) is 0 Å². The highest BCUT2D eigenvalue weighted by Gasteiger charge is 2.34. The predicted octanol–water partition coefficient (Wildman–Crippen LogP) is 2.89. The fraction of sp³-hybridized carbons (Fsp3) is 0.476. The number of carbonyl (C=O) groups excluding carboxylic acids is 2. The summed E-state index contributed by atoms with van der Waals surface area (Å²) < 4.78 is 5.17. The Morgan fingerprint density at radius 2 is 1.76 bits per heavy atom. The van der Waals surface area contributed by atoms with E-state index >= 15 is 0 Å². The van der Waals surface area contributed by atoms with Crippen molar-refractivity contribution in [2.24, 2.45) is 0 Å². The zero-order valence-corrected chi connectivity index (χ0v) is 17.7. The SMILES string of the molecule is Cc1[nH]c2ccccc2c1CC(NC(=O)C(C)(C)NC(=O)OC(C)(C)C)C(=O)O. The number of aromatic amines is 1. The third-order valence-corrected chi connectivity index (χ3v) is 4.42. The Morgan fingerprint density at radius 3 is 2.34 bits per heavy atom. The lowest BCUT2D eigenvalue weighted by molar-refractivity contribution is -0.142. The third kappa shape index (κ3) is 5.73. The summed E-state index contributed by atoms with van der Waals surface area (Å²) in [7, 11) is 0. The molecule has 0 saturated heterocycles. The highest BCUT2D eigenvalue weighted by atomic mass is 16.6. The van der Waals surface area contributed by atoms with Crippen molar-refractivity contribution in [3.63, 3.8) is 0 Å². The molecule has 2 rings (SSSR count). The number of carboxylic acid groups (broad SMARTS) is 1. The molecule has 0 spiro atoms. The van der Waals surface area contributed by atoms with Crippen LogP contribution < -0.4 is 10.6 Å². The van der Waals surface area contributed by atoms with Crippen LogP contribution in [0.15, 0.2) is 24.3 Å². The zero-order chi connectivity index (χ0) is 22.0. The van der Waals surface area contributed by atoms with Crippen LogP contribution in [0.5, 0.6) is 0 Å². The Balaban J connectivity index is 2.15. The number of H-pyrrole nitrogens is 1. The van der Waals surface area contributed by atoms with Crippen LogP contribution in [0.1, 0.15) is 45.9 Å². The normalized spacial score (nSPS) is 13.0. The molecule has 29 heavy (non-hydrogen) atoms. The molecule has 8 heteroatoms. The van der Waals surface area contributed by atoms with E-state index in [2.05, 4.69) is 15.6 Å². The van der Waals surface area contributed by atoms with Crippen LogP contribution in [0.3, 0.4) is 0 Å². The first-order valence-electron chi connectivity index (χ1n) is 9.41. The van der Waals surface area contributed by atoms with Gasteiger partial charge in [-0.05, 0) is 53.2 Å². The molecule has 1 aromatic carbocycles. The molecular formula is C21H29N3O5. The average Bonchev–Trinajstić information content (AvgIpc) is 2.87. The molecule has 0 fully saturated rings. The van der Waals surface area contributed by atoms with Crippen molar-refractivity contribution in [3.8, 4) is 0 Å². The summed E-state index contributed by atoms with van der Waals surface area (Å²) in [5.41, 5.74) is 0.504. The maximum absolute atomic E-state index is 12.7. The number of benzene rings is 1. The van der Waals surface area contributed by atoms with Crippen molar-refractivity contribution >= 4 is 28.9 Å². The Morgan fingerprint density at radius 1 is 1.14 bits per heavy atom. The highest BCUT2D eigenvalue weighted by Crippen LogP contribution is 2.23. The van der Waals surface area contributed by atoms with E-state index in [-0.39, 0.29) is 6.42 Å². The summed E-state index contributed by atoms with van der Waals surface area (Å²) in [6, 6.07) is 6.43. The van der Waals surface area contributed by atoms with Gasteiger partial charge in [-0.1, -0.05) is 18.2 Å². The zero-order valence-electron chi connectivity index (χ0n) is 17.7. The number of carboxylic acids is 1. The molecule has 1 atom stereocenters. The van der Waals surface area contributed by atoms with E-state index in [1.165, 1.54) is 13.8 Å². The van der Waals surface area contributed by atoms with Gasteiger partial charge in [0.05, 0.1) is 0 Å². The number of aryl methyl sites for hydroxylation is 1. The van der Waals surface area contributed by atoms with E-state index in [4.69, 9.17) is 4.74 Å². The van der Waals surface area contributed by atoms with E-state index < -0.39 is 35.2 Å². The second-order valence-electron chi connectivity index (χ2n) is 8.59. The first kappa shape index (κ1) is 22.3. The monoisotopic (exact) mass is 403 g/mol. The van der Waals surface area contributed by atoms with E-state index in [1.54, 1.807) is 20.8 Å². The van der Waals surface area contributed by atoms with Gasteiger partial charge in [-0.2, -0.15) is 0 Å². The quantitative estimate of drug-likeness (QED) is 0.591. The van der Waals surface area contributed by atoms with E-state index in [1.807, 2.05) is 31.2 Å². The lowest BCUT2D eigenvalue weighted by Crippen LogP contribution is -2.58. The molecule has 0 radical (unpaired) electrons. The molecule has 0 bridgehead atoms. The molecule has 0 aliphatic rings. The van der Waals surface area contributed by atoms with Crippen LogP contribution in [0.4, 0.5) is 4.79 Å². The summed E-state index contributed by atoms with van der Waals surface area (Å²) in [6.07, 6.45) is -0.642. The highest BCUT2D eigenvalue weighted by molar-refractivity contribution is 5.92. The lowest BCUT2D eigenvalue weighted by Gasteiger charge is -2.29. The third-order valence-electron chi connectivity index (χ3n) is 4.42. The first-order chi connectivity index (χ1) is 13.3. The van der Waals surface area contributed by atoms with Crippen LogP contribution in [0.25, 0.3) is 10.9 Å². The summed E-state index contributed by atoms with van der Waals surface area (Å²) in [5.74, 6) is -1.77. The predicted molar refractivity (Wildman–Crippen MR) is 110 cm³/mol. The molecule has 2 amide bonds. The van der Waals surface area contributed by atoms with Gasteiger partial charge in [0.2, 0.25) is 5.91 Å². The van der Waals surface area contributed by atoms with Crippen molar-refractivity contribution in [3.05, 3.63) is 35.5 Å². The number of nitrogens with one attached hydrogen (secondary N) is 3. The second-order valence-corrected chi connectivity index (χ2v) is 8.59. The molecule has 158 valence electrons. The largest absolute Gasteiger partial charge is 0.480 e. The number of alkyl carbamates (subject to hydrolysis) is 1. The number of fused-ring (bicyclic) bond motifs is 1. The lowest BCUT2D eigenvalue weighted by atomic mass is 10.00. The van der Waals surface area contributed by atoms with Gasteiger partial charge in [0, 0.05) is 23.0 Å². The molecule has 1 heterocycles. The van der Waals surface area contributed by atoms with Gasteiger partial charge in [0.1, 0.15) is 17.2 Å². The first-order valence-corrected chi connectivity index (χ1v) is 9.41. The second kappa shape index (κ2) is 8.14. The summed E-state index contributed by atoms with van der Waals surface area (Å²) >= 11 is 0. The Bertz CT molecular complexity index is 924. The number of carbonyl (C=O) groups is 3. The molecule has 0 saturated carbocycles. The molecule has 4 N–H and O–H groups in total. The maximum atomic E-state index is 12.7. The average molecular weight is 403 g/mol. The summed E-state index contributed by atoms with van der Waals surface area (Å²) in [6.45, 7) is 9.98. The van der Waals surface area contributed by atoms with Crippen molar-refractivity contribution in [1.29, 1.82) is 0 Å². The smallest absolute Gasteiger partial charge is 0.408 e. The van der Waals surface area contributed by atoms with Gasteiger partial charge in [-0.15, -0.1) is 0 Å². The van der Waals surface area contributed by atoms with Crippen LogP contribution in [0, 0.1) is 6.92 Å². The van der Waals surface area contributed by atoms with E-state index in [9.17, 15) is 19.5 Å². The van der Waals surface area contributed by atoms with Crippen molar-refractivity contribution in [2.75, 3.05) is 0 Å². The number of para-hydroxylation sites is 1. The molecular weight excluding hydrogens is 374 g/mol. The topological polar surface area (TPSA) is 121 Å². The number of hydrogen-bond acceptors (Lipinski definition) is 4. The van der Waals surface area contributed by atoms with Crippen LogP contribution in [0.2, 0.25) is 0 Å². The molecule has 8 nitrogen and oxygen atoms in total. The van der Waals surface area contributed by atoms with Gasteiger partial charge in [0.25, 0.3) is 0 Å². The van der Waals surface area contributed by atoms with Crippen LogP contribution >= 0.6 is 0 Å². The minimum atomic E-state index is -1.36. The minimum Gasteiger partial charge on any atom is -0.480 e. The maximum Gasteiger partial charge on any atom is 0.408 e. The van der Waals surface area contributed by atoms with Crippen molar-refractivity contribution in [2.45, 2.75) is 65.1 Å². The summed E-state index contributed by atoms with van der Waals surface area (Å²) in [5, 5.41) is 15.6. The van der Waals surface area contributed by atoms with Gasteiger partial charge < -0.3 is 25.5 Å². The van der Waals surface area contributed by atoms with Gasteiger partial charge in [-0.3, -0.25) is 4.79 Å². The Kier molecular flexibility index (Phi) is 6.25. The minimum absolute atomic E-state index is 0.111. The van der Waals surface area contributed by atoms with Crippen molar-refractivity contribution in [1.82, 2.24) is 15.6 Å². The standard InChI is InChI=1S/C21H29N3O5/c1-12-14(13-9-7-8-10-15(13)22-12)11-16(17(25)26)23-18(27)21(5,6)24-19(28)29-20(2,3)4/h7-10,16,22H,11H2,1-6H3,(H,23,27)(H,24,28)(H,25,26). The van der Waals surface area contributed by atoms with Gasteiger partial charge in [-0.25, -0.2) is 9.59 Å². The molecule has 2 aromatic rings. The Labute approximate surface area is 170 Å². The molecule has 0 aliphatic carbocycles. The van der Waals surface area contributed by atoms with E-state index in [0.717, 1.165) is 22.2 Å². The van der Waals surface area contributed by atoms with Crippen molar-refractivity contribution < 1.29 is 24.2 Å². The van der Waals surface area contributed by atoms with Gasteiger partial charge in [0.15, 0.2) is 0 Å². The number of amides is 2. The number of hydrogen-bond donors (Lipinski definition) is 4. The number of rotatable bonds is 6. The number of ether oxygens (including phenoxy) is 1. The van der Waals surface area contributed by atoms with Crippen LogP contribution in [-0.4, -0.2) is 45.2 Å². The molecule has 0 aliphatic heterocycles. The van der Waals surface area contributed by atoms with Gasteiger partial charge >= 0.3 is 12.1 Å². The number of aromatic nitrogens is 1. The molecule has 1 unspecified atom stereocenters.